The highest BCUT2D eigenvalue weighted by atomic mass is 16.8. The maximum Gasteiger partial charge on any atom is 0.342 e. The Labute approximate surface area is 218 Å². The van der Waals surface area contributed by atoms with Crippen LogP contribution in [-0.2, 0) is 42.9 Å². The minimum absolute atomic E-state index is 0.00261. The van der Waals surface area contributed by atoms with Crippen molar-refractivity contribution >= 4 is 29.3 Å². The molecule has 4 saturated carbocycles. The van der Waals surface area contributed by atoms with E-state index in [1.165, 1.54) is 0 Å². The molecule has 9 aliphatic rings. The first kappa shape index (κ1) is 22.6. The Balaban J connectivity index is 1.35. The van der Waals surface area contributed by atoms with Crippen molar-refractivity contribution in [2.45, 2.75) is 88.0 Å². The van der Waals surface area contributed by atoms with E-state index >= 15 is 0 Å². The lowest BCUT2D eigenvalue weighted by Gasteiger charge is -2.63. The van der Waals surface area contributed by atoms with Crippen molar-refractivity contribution in [3.63, 3.8) is 0 Å². The van der Waals surface area contributed by atoms with Crippen LogP contribution in [0.3, 0.4) is 0 Å². The number of hydrogen-bond donors (Lipinski definition) is 1. The van der Waals surface area contributed by atoms with Crippen LogP contribution in [0.1, 0.15) is 59.3 Å². The lowest BCUT2D eigenvalue weighted by molar-refractivity contribution is -0.375. The Morgan fingerprint density at radius 2 is 1.71 bits per heavy atom. The zero-order valence-electron chi connectivity index (χ0n) is 21.5. The first-order chi connectivity index (χ1) is 17.8. The SMILES string of the molecule is C[C@@]12C[C@H]3OC(=O)[C@@H]1COC14OC5(C2C1=O)C(O)(CCC1C4CC(=O)C24C[C@H]2CC(=O)[C@]14C)C(=O)O[C@@]35C. The third-order valence-electron chi connectivity index (χ3n) is 13.5. The first-order valence-electron chi connectivity index (χ1n) is 13.9. The number of carbonyl (C=O) groups is 5. The van der Waals surface area contributed by atoms with Gasteiger partial charge in [-0.05, 0) is 49.9 Å². The van der Waals surface area contributed by atoms with Gasteiger partial charge in [-0.1, -0.05) is 13.8 Å². The summed E-state index contributed by atoms with van der Waals surface area (Å²) in [4.78, 5) is 69.4. The molecular weight excluding hydrogens is 496 g/mol. The van der Waals surface area contributed by atoms with Crippen LogP contribution in [0, 0.1) is 45.8 Å². The molecule has 38 heavy (non-hydrogen) atoms. The molecule has 0 aromatic rings. The molecule has 5 bridgehead atoms. The van der Waals surface area contributed by atoms with Crippen molar-refractivity contribution in [2.75, 3.05) is 6.61 Å². The third kappa shape index (κ3) is 1.71. The topological polar surface area (TPSA) is 142 Å². The second kappa shape index (κ2) is 5.67. The Morgan fingerprint density at radius 3 is 2.47 bits per heavy atom. The van der Waals surface area contributed by atoms with Gasteiger partial charge in [0.1, 0.15) is 17.7 Å². The van der Waals surface area contributed by atoms with E-state index in [1.807, 2.05) is 13.8 Å². The second-order valence-corrected chi connectivity index (χ2v) is 14.2. The minimum Gasteiger partial charge on any atom is -0.458 e. The first-order valence-corrected chi connectivity index (χ1v) is 13.9. The van der Waals surface area contributed by atoms with Gasteiger partial charge in [-0.25, -0.2) is 4.79 Å². The van der Waals surface area contributed by atoms with E-state index < -0.39 is 86.3 Å². The molecule has 4 aliphatic carbocycles. The van der Waals surface area contributed by atoms with E-state index in [4.69, 9.17) is 18.9 Å². The molecule has 9 rings (SSSR count). The van der Waals surface area contributed by atoms with Crippen molar-refractivity contribution in [1.29, 1.82) is 0 Å². The van der Waals surface area contributed by atoms with E-state index in [1.54, 1.807) is 6.92 Å². The van der Waals surface area contributed by atoms with E-state index in [0.717, 1.165) is 0 Å². The van der Waals surface area contributed by atoms with Crippen LogP contribution in [0.25, 0.3) is 0 Å². The van der Waals surface area contributed by atoms with Gasteiger partial charge in [0.25, 0.3) is 0 Å². The van der Waals surface area contributed by atoms with Gasteiger partial charge >= 0.3 is 11.9 Å². The van der Waals surface area contributed by atoms with Crippen molar-refractivity contribution in [1.82, 2.24) is 0 Å². The molecule has 10 heteroatoms. The molecule has 5 saturated heterocycles. The summed E-state index contributed by atoms with van der Waals surface area (Å²) in [5, 5.41) is 12.4. The number of fused-ring (bicyclic) bond motifs is 4. The molecule has 10 nitrogen and oxygen atoms in total. The summed E-state index contributed by atoms with van der Waals surface area (Å²) in [7, 11) is 0. The predicted octanol–water partition coefficient (Wildman–Crippen LogP) is 0.650. The minimum atomic E-state index is -2.22. The van der Waals surface area contributed by atoms with Gasteiger partial charge in [-0.3, -0.25) is 19.2 Å². The molecule has 7 unspecified atom stereocenters. The average Bonchev–Trinajstić information content (AvgIpc) is 3.38. The summed E-state index contributed by atoms with van der Waals surface area (Å²) >= 11 is 0. The van der Waals surface area contributed by atoms with Crippen LogP contribution in [0.15, 0.2) is 0 Å². The van der Waals surface area contributed by atoms with Crippen LogP contribution in [0.5, 0.6) is 0 Å². The summed E-state index contributed by atoms with van der Waals surface area (Å²) in [6.07, 6.45) is 0.442. The molecule has 202 valence electrons. The summed E-state index contributed by atoms with van der Waals surface area (Å²) in [5.74, 6) is -7.19. The monoisotopic (exact) mass is 526 g/mol. The van der Waals surface area contributed by atoms with Crippen molar-refractivity contribution < 1.29 is 48.0 Å². The Kier molecular flexibility index (Phi) is 3.38. The smallest absolute Gasteiger partial charge is 0.342 e. The van der Waals surface area contributed by atoms with Gasteiger partial charge in [-0.15, -0.1) is 0 Å². The molecule has 0 radical (unpaired) electrons. The van der Waals surface area contributed by atoms with Crippen molar-refractivity contribution in [3.05, 3.63) is 0 Å². The van der Waals surface area contributed by atoms with E-state index in [2.05, 4.69) is 0 Å². The zero-order valence-corrected chi connectivity index (χ0v) is 21.5. The summed E-state index contributed by atoms with van der Waals surface area (Å²) in [6.45, 7) is 5.08. The van der Waals surface area contributed by atoms with Crippen molar-refractivity contribution in [2.24, 2.45) is 45.8 Å². The quantitative estimate of drug-likeness (QED) is 0.447. The third-order valence-corrected chi connectivity index (χ3v) is 13.5. The second-order valence-electron chi connectivity index (χ2n) is 14.2. The largest absolute Gasteiger partial charge is 0.458 e. The van der Waals surface area contributed by atoms with Crippen LogP contribution in [0.4, 0.5) is 0 Å². The fraction of sp³-hybridized carbons (Fsp3) is 0.821. The molecule has 0 aromatic heterocycles. The number of carbonyl (C=O) groups excluding carboxylic acids is 5. The van der Waals surface area contributed by atoms with E-state index in [0.29, 0.717) is 12.8 Å². The molecule has 13 atom stereocenters. The number of esters is 2. The summed E-state index contributed by atoms with van der Waals surface area (Å²) in [5.41, 5.74) is -8.55. The highest BCUT2D eigenvalue weighted by Crippen LogP contribution is 2.80. The maximum atomic E-state index is 14.9. The van der Waals surface area contributed by atoms with Gasteiger partial charge in [0.05, 0.1) is 18.4 Å². The van der Waals surface area contributed by atoms with Gasteiger partial charge in [0.15, 0.2) is 22.6 Å². The van der Waals surface area contributed by atoms with Gasteiger partial charge in [-0.2, -0.15) is 0 Å². The zero-order chi connectivity index (χ0) is 26.6. The van der Waals surface area contributed by atoms with Crippen LogP contribution in [-0.4, -0.2) is 69.7 Å². The Morgan fingerprint density at radius 1 is 0.947 bits per heavy atom. The van der Waals surface area contributed by atoms with E-state index in [9.17, 15) is 29.1 Å². The number of ether oxygens (including phenoxy) is 4. The standard InChI is InChI=1S/C28H30O10/c1-22-9-17-24(3)28-18(22)19(31)27(38-28,35-10-14(22)20(32)36-17)13-7-16(30)25-8-11(25)6-15(29)23(25,2)12(13)4-5-26(28,34)21(33)37-24/h11-14,17-18,34H,4-10H2,1-3H3/t11-,12?,13?,14+,17-,18?,22-,23+,24+,25?,26?,27?,28?/m1/s1. The molecule has 1 N–H and O–H groups in total. The number of Topliss-reactive ketones (excluding diaryl/α,β-unsaturated/α-hetero) is 3. The number of hydrogen-bond acceptors (Lipinski definition) is 10. The summed E-state index contributed by atoms with van der Waals surface area (Å²) < 4.78 is 25.0. The number of rotatable bonds is 0. The number of ketones is 3. The van der Waals surface area contributed by atoms with Gasteiger partial charge in [0.2, 0.25) is 5.79 Å². The lowest BCUT2D eigenvalue weighted by Crippen LogP contribution is -2.79. The molecule has 5 heterocycles. The maximum absolute atomic E-state index is 14.9. The summed E-state index contributed by atoms with van der Waals surface area (Å²) in [6, 6.07) is 0. The molecule has 0 aromatic carbocycles. The molecule has 0 amide bonds. The Hall–Kier alpha value is -2.17. The highest BCUT2D eigenvalue weighted by molar-refractivity contribution is 6.05. The van der Waals surface area contributed by atoms with Gasteiger partial charge in [0, 0.05) is 29.6 Å². The fourth-order valence-corrected chi connectivity index (χ4v) is 11.6. The van der Waals surface area contributed by atoms with E-state index in [-0.39, 0.29) is 49.8 Å². The van der Waals surface area contributed by atoms with Crippen LogP contribution < -0.4 is 0 Å². The normalized spacial score (nSPS) is 64.3. The predicted molar refractivity (Wildman–Crippen MR) is 121 cm³/mol. The molecular formula is C28H30O10. The molecule has 5 aliphatic heterocycles. The van der Waals surface area contributed by atoms with Crippen molar-refractivity contribution in [3.8, 4) is 0 Å². The number of aliphatic hydroxyl groups is 1. The van der Waals surface area contributed by atoms with Crippen LogP contribution in [0.2, 0.25) is 0 Å². The Bertz CT molecular complexity index is 1360. The van der Waals surface area contributed by atoms with Gasteiger partial charge < -0.3 is 24.1 Å². The molecule has 9 fully saturated rings. The average molecular weight is 527 g/mol. The molecule has 3 spiro atoms. The fourth-order valence-electron chi connectivity index (χ4n) is 11.6. The lowest BCUT2D eigenvalue weighted by atomic mass is 9.46. The highest BCUT2D eigenvalue weighted by Gasteiger charge is 2.94. The van der Waals surface area contributed by atoms with Crippen LogP contribution >= 0.6 is 0 Å².